The summed E-state index contributed by atoms with van der Waals surface area (Å²) >= 11 is 0. The summed E-state index contributed by atoms with van der Waals surface area (Å²) in [6.07, 6.45) is 3.23. The van der Waals surface area contributed by atoms with Crippen LogP contribution < -0.4 is 5.73 Å². The van der Waals surface area contributed by atoms with Crippen LogP contribution in [0.15, 0.2) is 0 Å². The molecule has 0 heterocycles. The molecule has 1 fully saturated rings. The van der Waals surface area contributed by atoms with E-state index in [2.05, 4.69) is 0 Å². The first-order valence-corrected chi connectivity index (χ1v) is 6.86. The van der Waals surface area contributed by atoms with E-state index in [4.69, 9.17) is 10.3 Å². The van der Waals surface area contributed by atoms with Gasteiger partial charge in [-0.2, -0.15) is 8.42 Å². The Morgan fingerprint density at radius 1 is 1.33 bits per heavy atom. The van der Waals surface area contributed by atoms with Gasteiger partial charge in [-0.1, -0.05) is 19.3 Å². The maximum absolute atomic E-state index is 13.4. The van der Waals surface area contributed by atoms with E-state index in [1.807, 2.05) is 0 Å². The molecule has 0 aromatic heterocycles. The third kappa shape index (κ3) is 4.44. The van der Waals surface area contributed by atoms with Crippen LogP contribution >= 0.6 is 0 Å². The highest BCUT2D eigenvalue weighted by Gasteiger charge is 2.30. The van der Waals surface area contributed by atoms with Crippen molar-refractivity contribution in [2.45, 2.75) is 44.3 Å². The van der Waals surface area contributed by atoms with Crippen LogP contribution in [-0.4, -0.2) is 30.9 Å². The van der Waals surface area contributed by atoms with Gasteiger partial charge >= 0.3 is 0 Å². The Bertz CT molecular complexity index is 288. The van der Waals surface area contributed by atoms with Gasteiger partial charge in [0.1, 0.15) is 11.9 Å². The first kappa shape index (κ1) is 12.9. The summed E-state index contributed by atoms with van der Waals surface area (Å²) in [7, 11) is -4.26. The van der Waals surface area contributed by atoms with Crippen molar-refractivity contribution in [2.75, 3.05) is 5.75 Å². The summed E-state index contributed by atoms with van der Waals surface area (Å²) < 4.78 is 42.9. The van der Waals surface area contributed by atoms with E-state index in [-0.39, 0.29) is 5.92 Å². The molecule has 1 saturated carbocycles. The lowest BCUT2D eigenvalue weighted by Crippen LogP contribution is -2.43. The second-order valence-electron chi connectivity index (χ2n) is 4.24. The van der Waals surface area contributed by atoms with Crippen molar-refractivity contribution < 1.29 is 17.4 Å². The van der Waals surface area contributed by atoms with Gasteiger partial charge in [0.15, 0.2) is 0 Å². The van der Waals surface area contributed by atoms with E-state index in [0.717, 1.165) is 32.1 Å². The molecule has 1 rings (SSSR count). The molecule has 1 aliphatic carbocycles. The molecule has 0 aromatic rings. The van der Waals surface area contributed by atoms with Crippen molar-refractivity contribution in [1.82, 2.24) is 0 Å². The molecule has 15 heavy (non-hydrogen) atoms. The standard InChI is InChI=1S/C9H18FNO3S/c10-8(6-15(12,13)14)9(11)7-4-2-1-3-5-7/h7-9H,1-6,11H2,(H,12,13,14)/t8?,9-/m1/s1. The van der Waals surface area contributed by atoms with Crippen LogP contribution in [0.4, 0.5) is 4.39 Å². The predicted molar refractivity (Wildman–Crippen MR) is 55.9 cm³/mol. The lowest BCUT2D eigenvalue weighted by molar-refractivity contribution is 0.206. The zero-order chi connectivity index (χ0) is 11.5. The Hall–Kier alpha value is -0.200. The van der Waals surface area contributed by atoms with Crippen molar-refractivity contribution in [1.29, 1.82) is 0 Å². The fourth-order valence-electron chi connectivity index (χ4n) is 2.13. The van der Waals surface area contributed by atoms with Crippen molar-refractivity contribution in [2.24, 2.45) is 11.7 Å². The summed E-state index contributed by atoms with van der Waals surface area (Å²) in [6.45, 7) is 0. The molecule has 1 aliphatic rings. The van der Waals surface area contributed by atoms with Gasteiger partial charge in [-0.05, 0) is 18.8 Å². The van der Waals surface area contributed by atoms with Crippen LogP contribution in [0.1, 0.15) is 32.1 Å². The molecule has 90 valence electrons. The van der Waals surface area contributed by atoms with Crippen molar-refractivity contribution in [3.8, 4) is 0 Å². The van der Waals surface area contributed by atoms with Crippen molar-refractivity contribution in [3.05, 3.63) is 0 Å². The van der Waals surface area contributed by atoms with Gasteiger partial charge in [0, 0.05) is 6.04 Å². The van der Waals surface area contributed by atoms with Crippen LogP contribution in [0.5, 0.6) is 0 Å². The summed E-state index contributed by atoms with van der Waals surface area (Å²) in [6, 6.07) is -0.771. The number of halogens is 1. The quantitative estimate of drug-likeness (QED) is 0.720. The average molecular weight is 239 g/mol. The van der Waals surface area contributed by atoms with Gasteiger partial charge in [0.2, 0.25) is 0 Å². The number of hydrogen-bond donors (Lipinski definition) is 2. The number of alkyl halides is 1. The number of rotatable bonds is 4. The average Bonchev–Trinajstić information content (AvgIpc) is 2.15. The fourth-order valence-corrected chi connectivity index (χ4v) is 2.75. The Kier molecular flexibility index (Phi) is 4.48. The molecule has 0 saturated heterocycles. The van der Waals surface area contributed by atoms with Gasteiger partial charge in [0.25, 0.3) is 10.1 Å². The van der Waals surface area contributed by atoms with Crippen LogP contribution in [0, 0.1) is 5.92 Å². The SMILES string of the molecule is N[C@@H](C(F)CS(=O)(=O)O)C1CCCCC1. The molecule has 3 N–H and O–H groups in total. The van der Waals surface area contributed by atoms with Crippen LogP contribution in [-0.2, 0) is 10.1 Å². The van der Waals surface area contributed by atoms with E-state index in [0.29, 0.717) is 0 Å². The highest BCUT2D eigenvalue weighted by atomic mass is 32.2. The molecule has 6 heteroatoms. The molecule has 0 radical (unpaired) electrons. The largest absolute Gasteiger partial charge is 0.325 e. The summed E-state index contributed by atoms with van der Waals surface area (Å²) in [5.74, 6) is -0.833. The van der Waals surface area contributed by atoms with Gasteiger partial charge in [0.05, 0.1) is 0 Å². The highest BCUT2D eigenvalue weighted by molar-refractivity contribution is 7.85. The van der Waals surface area contributed by atoms with E-state index in [1.54, 1.807) is 0 Å². The molecule has 0 spiro atoms. The normalized spacial score (nSPS) is 23.7. The molecule has 4 nitrogen and oxygen atoms in total. The van der Waals surface area contributed by atoms with E-state index >= 15 is 0 Å². The van der Waals surface area contributed by atoms with E-state index in [1.165, 1.54) is 0 Å². The second kappa shape index (κ2) is 5.23. The third-order valence-corrected chi connectivity index (χ3v) is 3.72. The second-order valence-corrected chi connectivity index (χ2v) is 5.74. The third-order valence-electron chi connectivity index (χ3n) is 2.98. The van der Waals surface area contributed by atoms with Gasteiger partial charge in [-0.25, -0.2) is 4.39 Å². The van der Waals surface area contributed by atoms with E-state index in [9.17, 15) is 12.8 Å². The molecule has 0 aromatic carbocycles. The van der Waals surface area contributed by atoms with Crippen LogP contribution in [0.25, 0.3) is 0 Å². The molecule has 2 atom stereocenters. The first-order chi connectivity index (χ1) is 6.90. The zero-order valence-corrected chi connectivity index (χ0v) is 9.42. The van der Waals surface area contributed by atoms with Crippen molar-refractivity contribution in [3.63, 3.8) is 0 Å². The lowest BCUT2D eigenvalue weighted by Gasteiger charge is -2.29. The van der Waals surface area contributed by atoms with Crippen molar-refractivity contribution >= 4 is 10.1 Å². The zero-order valence-electron chi connectivity index (χ0n) is 8.60. The summed E-state index contributed by atoms with van der Waals surface area (Å²) in [5.41, 5.74) is 5.65. The van der Waals surface area contributed by atoms with Gasteiger partial charge in [-0.15, -0.1) is 0 Å². The highest BCUT2D eigenvalue weighted by Crippen LogP contribution is 2.27. The Morgan fingerprint density at radius 3 is 2.33 bits per heavy atom. The smallest absolute Gasteiger partial charge is 0.267 e. The fraction of sp³-hybridized carbons (Fsp3) is 1.00. The molecule has 0 amide bonds. The maximum Gasteiger partial charge on any atom is 0.267 e. The Labute approximate surface area is 89.8 Å². The maximum atomic E-state index is 13.4. The van der Waals surface area contributed by atoms with Gasteiger partial charge in [-0.3, -0.25) is 4.55 Å². The number of hydrogen-bond acceptors (Lipinski definition) is 3. The molecular formula is C9H18FNO3S. The minimum Gasteiger partial charge on any atom is -0.325 e. The van der Waals surface area contributed by atoms with Crippen LogP contribution in [0.2, 0.25) is 0 Å². The Balaban J connectivity index is 2.47. The summed E-state index contributed by atoms with van der Waals surface area (Å²) in [5, 5.41) is 0. The topological polar surface area (TPSA) is 80.4 Å². The number of nitrogens with two attached hydrogens (primary N) is 1. The van der Waals surface area contributed by atoms with E-state index < -0.39 is 28.1 Å². The molecule has 0 aliphatic heterocycles. The van der Waals surface area contributed by atoms with Gasteiger partial charge < -0.3 is 5.73 Å². The minimum atomic E-state index is -4.26. The minimum absolute atomic E-state index is 0.0514. The predicted octanol–water partition coefficient (Wildman–Crippen LogP) is 1.12. The molecule has 0 bridgehead atoms. The lowest BCUT2D eigenvalue weighted by atomic mass is 9.83. The summed E-state index contributed by atoms with van der Waals surface area (Å²) in [4.78, 5) is 0. The van der Waals surface area contributed by atoms with Crippen LogP contribution in [0.3, 0.4) is 0 Å². The first-order valence-electron chi connectivity index (χ1n) is 5.25. The molecular weight excluding hydrogens is 221 g/mol. The molecule has 1 unspecified atom stereocenters. The monoisotopic (exact) mass is 239 g/mol. The Morgan fingerprint density at radius 2 is 1.87 bits per heavy atom.